The number of pyridine rings is 1. The van der Waals surface area contributed by atoms with Crippen molar-refractivity contribution >= 4 is 40.3 Å². The van der Waals surface area contributed by atoms with Crippen molar-refractivity contribution < 1.29 is 23.4 Å². The molecule has 0 spiro atoms. The van der Waals surface area contributed by atoms with E-state index in [1.54, 1.807) is 40.7 Å². The molecule has 35 heavy (non-hydrogen) atoms. The maximum absolute atomic E-state index is 16.1. The van der Waals surface area contributed by atoms with Gasteiger partial charge in [0.1, 0.15) is 34.3 Å². The van der Waals surface area contributed by atoms with Gasteiger partial charge in [0.05, 0.1) is 10.4 Å². The predicted molar refractivity (Wildman–Crippen MR) is 133 cm³/mol. The number of hydrogen-bond acceptors (Lipinski definition) is 6. The van der Waals surface area contributed by atoms with Crippen LogP contribution in [0.15, 0.2) is 6.07 Å². The van der Waals surface area contributed by atoms with Crippen molar-refractivity contribution in [3.63, 3.8) is 0 Å². The number of esters is 1. The van der Waals surface area contributed by atoms with Crippen LogP contribution in [0.2, 0.25) is 10.2 Å². The lowest BCUT2D eigenvalue weighted by Gasteiger charge is -2.43. The number of alkyl halides is 1. The molecular weight excluding hydrogens is 496 g/mol. The van der Waals surface area contributed by atoms with Gasteiger partial charge in [0, 0.05) is 6.61 Å². The minimum absolute atomic E-state index is 0.181. The molecule has 7 nitrogen and oxygen atoms in total. The summed E-state index contributed by atoms with van der Waals surface area (Å²) < 4.78 is 35.7. The van der Waals surface area contributed by atoms with E-state index in [0.717, 1.165) is 19.3 Å². The maximum atomic E-state index is 16.1. The monoisotopic (exact) mass is 529 g/mol. The third kappa shape index (κ3) is 5.39. The molecule has 0 amide bonds. The molecule has 1 aliphatic heterocycles. The molecule has 4 rings (SSSR count). The fourth-order valence-corrected chi connectivity index (χ4v) is 5.03. The Morgan fingerprint density at radius 1 is 1.14 bits per heavy atom. The smallest absolute Gasteiger partial charge is 0.315 e. The van der Waals surface area contributed by atoms with Crippen LogP contribution < -0.4 is 4.74 Å². The molecule has 2 fully saturated rings. The molecule has 1 aliphatic carbocycles. The van der Waals surface area contributed by atoms with E-state index in [1.165, 1.54) is 0 Å². The zero-order valence-electron chi connectivity index (χ0n) is 21.0. The zero-order chi connectivity index (χ0) is 25.6. The second-order valence-electron chi connectivity index (χ2n) is 11.1. The molecule has 1 saturated heterocycles. The van der Waals surface area contributed by atoms with Gasteiger partial charge in [-0.05, 0) is 85.6 Å². The molecule has 1 unspecified atom stereocenters. The molecule has 2 aromatic heterocycles. The second-order valence-corrected chi connectivity index (χ2v) is 11.9. The van der Waals surface area contributed by atoms with Crippen LogP contribution >= 0.6 is 23.2 Å². The van der Waals surface area contributed by atoms with E-state index < -0.39 is 22.7 Å². The van der Waals surface area contributed by atoms with Gasteiger partial charge in [0.15, 0.2) is 5.65 Å². The molecule has 0 aromatic carbocycles. The first kappa shape index (κ1) is 26.4. The molecular formula is C25H34Cl2FN3O4. The number of carbonyl (C=O) groups excluding carboxylic acids is 1. The molecule has 10 heteroatoms. The lowest BCUT2D eigenvalue weighted by Crippen LogP contribution is -2.51. The fraction of sp³-hybridized carbons (Fsp3) is 0.720. The minimum atomic E-state index is -1.69. The Morgan fingerprint density at radius 3 is 2.43 bits per heavy atom. The van der Waals surface area contributed by atoms with Crippen molar-refractivity contribution in [2.75, 3.05) is 6.61 Å². The van der Waals surface area contributed by atoms with E-state index in [0.29, 0.717) is 41.6 Å². The Morgan fingerprint density at radius 2 is 1.83 bits per heavy atom. The average molecular weight is 530 g/mol. The van der Waals surface area contributed by atoms with Crippen molar-refractivity contribution in [3.05, 3.63) is 16.2 Å². The van der Waals surface area contributed by atoms with Crippen LogP contribution in [0, 0.1) is 5.41 Å². The number of ether oxygens (including phenoxy) is 3. The number of rotatable bonds is 5. The highest BCUT2D eigenvalue weighted by molar-refractivity contribution is 6.41. The summed E-state index contributed by atoms with van der Waals surface area (Å²) in [6.07, 6.45) is 3.50. The summed E-state index contributed by atoms with van der Waals surface area (Å²) in [6.45, 7) is 9.25. The SMILES string of the molecule is CC(C)(C)OC(=O)C(C)(C)[C@]1(F)CC[C@@H](Oc2nc3cc(Cl)c(Cl)nc3n2C2CCCCO2)CC1. The average Bonchev–Trinajstić information content (AvgIpc) is 3.11. The van der Waals surface area contributed by atoms with Crippen LogP contribution in [-0.4, -0.2) is 44.5 Å². The Balaban J connectivity index is 1.53. The largest absolute Gasteiger partial charge is 0.461 e. The molecule has 2 aromatic rings. The summed E-state index contributed by atoms with van der Waals surface area (Å²) in [7, 11) is 0. The van der Waals surface area contributed by atoms with Crippen LogP contribution in [0.1, 0.15) is 85.8 Å². The molecule has 0 bridgehead atoms. The van der Waals surface area contributed by atoms with Crippen LogP contribution in [0.5, 0.6) is 6.01 Å². The van der Waals surface area contributed by atoms with Crippen LogP contribution in [0.25, 0.3) is 11.2 Å². The van der Waals surface area contributed by atoms with Crippen molar-refractivity contribution in [2.45, 2.75) is 103 Å². The van der Waals surface area contributed by atoms with Crippen LogP contribution in [-0.2, 0) is 14.3 Å². The summed E-state index contributed by atoms with van der Waals surface area (Å²) in [5.74, 6) is -0.525. The molecule has 1 atom stereocenters. The Kier molecular flexibility index (Phi) is 7.30. The third-order valence-electron chi connectivity index (χ3n) is 7.01. The maximum Gasteiger partial charge on any atom is 0.315 e. The topological polar surface area (TPSA) is 75.5 Å². The van der Waals surface area contributed by atoms with Crippen molar-refractivity contribution in [1.29, 1.82) is 0 Å². The van der Waals surface area contributed by atoms with Gasteiger partial charge in [-0.3, -0.25) is 9.36 Å². The first-order valence-corrected chi connectivity index (χ1v) is 13.0. The Labute approximate surface area is 215 Å². The Bertz CT molecular complexity index is 1080. The standard InChI is InChI=1S/C25H34Cl2FN3O4/c1-23(2,3)35-21(32)24(4,5)25(28)11-9-15(10-12-25)34-22-29-17-14-16(26)19(27)30-20(17)31(22)18-8-6-7-13-33-18/h14-15,18H,6-13H2,1-5H3/t15-,18?,25+. The fourth-order valence-electron chi connectivity index (χ4n) is 4.75. The number of fused-ring (bicyclic) bond motifs is 1. The predicted octanol–water partition coefficient (Wildman–Crippen LogP) is 6.83. The van der Waals surface area contributed by atoms with Crippen LogP contribution in [0.3, 0.4) is 0 Å². The highest BCUT2D eigenvalue weighted by Gasteiger charge is 2.54. The number of imidazole rings is 1. The van der Waals surface area contributed by atoms with E-state index in [-0.39, 0.29) is 30.3 Å². The third-order valence-corrected chi connectivity index (χ3v) is 7.69. The van der Waals surface area contributed by atoms with Crippen molar-refractivity contribution in [1.82, 2.24) is 14.5 Å². The van der Waals surface area contributed by atoms with Gasteiger partial charge in [0.2, 0.25) is 0 Å². The second kappa shape index (κ2) is 9.67. The van der Waals surface area contributed by atoms with Gasteiger partial charge in [-0.25, -0.2) is 9.37 Å². The van der Waals surface area contributed by atoms with Crippen LogP contribution in [0.4, 0.5) is 4.39 Å². The van der Waals surface area contributed by atoms with E-state index in [9.17, 15) is 4.79 Å². The summed E-state index contributed by atoms with van der Waals surface area (Å²) >= 11 is 12.4. The molecule has 194 valence electrons. The Hall–Kier alpha value is -1.64. The first-order valence-electron chi connectivity index (χ1n) is 12.3. The quantitative estimate of drug-likeness (QED) is 0.312. The van der Waals surface area contributed by atoms with Gasteiger partial charge in [-0.15, -0.1) is 0 Å². The molecule has 0 N–H and O–H groups in total. The lowest BCUT2D eigenvalue weighted by molar-refractivity contribution is -0.178. The highest BCUT2D eigenvalue weighted by Crippen LogP contribution is 2.47. The summed E-state index contributed by atoms with van der Waals surface area (Å²) in [5.41, 5.74) is -2.53. The molecule has 2 aliphatic rings. The van der Waals surface area contributed by atoms with Gasteiger partial charge in [-0.1, -0.05) is 23.2 Å². The number of hydrogen-bond donors (Lipinski definition) is 0. The van der Waals surface area contributed by atoms with Crippen molar-refractivity contribution in [3.8, 4) is 6.01 Å². The van der Waals surface area contributed by atoms with E-state index in [2.05, 4.69) is 9.97 Å². The summed E-state index contributed by atoms with van der Waals surface area (Å²) in [6, 6.07) is 2.02. The molecule has 1 saturated carbocycles. The number of nitrogens with zero attached hydrogens (tertiary/aromatic N) is 3. The summed E-state index contributed by atoms with van der Waals surface area (Å²) in [5, 5.41) is 0.496. The zero-order valence-corrected chi connectivity index (χ0v) is 22.5. The number of halogens is 3. The molecule has 3 heterocycles. The van der Waals surface area contributed by atoms with Gasteiger partial charge >= 0.3 is 12.0 Å². The van der Waals surface area contributed by atoms with E-state index >= 15 is 4.39 Å². The van der Waals surface area contributed by atoms with Gasteiger partial charge in [0.25, 0.3) is 0 Å². The molecule has 0 radical (unpaired) electrons. The van der Waals surface area contributed by atoms with Gasteiger partial charge < -0.3 is 14.2 Å². The highest BCUT2D eigenvalue weighted by atomic mass is 35.5. The minimum Gasteiger partial charge on any atom is -0.461 e. The normalized spacial score (nSPS) is 26.1. The van der Waals surface area contributed by atoms with Crippen molar-refractivity contribution in [2.24, 2.45) is 5.41 Å². The van der Waals surface area contributed by atoms with Gasteiger partial charge in [-0.2, -0.15) is 4.98 Å². The van der Waals surface area contributed by atoms with E-state index in [1.807, 2.05) is 4.57 Å². The summed E-state index contributed by atoms with van der Waals surface area (Å²) in [4.78, 5) is 21.8. The lowest BCUT2D eigenvalue weighted by atomic mass is 9.68. The number of carbonyl (C=O) groups is 1. The number of aromatic nitrogens is 3. The van der Waals surface area contributed by atoms with E-state index in [4.69, 9.17) is 37.4 Å². The first-order chi connectivity index (χ1) is 16.3.